The van der Waals surface area contributed by atoms with E-state index in [1.807, 2.05) is 30.3 Å². The van der Waals surface area contributed by atoms with E-state index in [0.717, 1.165) is 31.1 Å². The van der Waals surface area contributed by atoms with Gasteiger partial charge in [-0.25, -0.2) is 0 Å². The Balaban J connectivity index is 1.52. The Hall–Kier alpha value is -2.37. The highest BCUT2D eigenvalue weighted by atomic mass is 16.5. The smallest absolute Gasteiger partial charge is 0.225 e. The number of carbonyl (C=O) groups is 1. The number of anilines is 1. The minimum atomic E-state index is 0.0192. The monoisotopic (exact) mass is 353 g/mol. The Morgan fingerprint density at radius 1 is 1.19 bits per heavy atom. The Kier molecular flexibility index (Phi) is 6.26. The SMILES string of the molecule is COc1cccc(NC(=O)CCN2C[C@@H](CN)[C@H](c3ccccc3)C2)c1. The molecule has 0 bridgehead atoms. The van der Waals surface area contributed by atoms with E-state index >= 15 is 0 Å². The van der Waals surface area contributed by atoms with Crippen LogP contribution >= 0.6 is 0 Å². The molecular formula is C21H27N3O2. The number of likely N-dealkylation sites (tertiary alicyclic amines) is 1. The zero-order valence-electron chi connectivity index (χ0n) is 15.2. The third kappa shape index (κ3) is 4.62. The molecule has 2 atom stereocenters. The molecule has 26 heavy (non-hydrogen) atoms. The first kappa shape index (κ1) is 18.4. The molecule has 3 rings (SSSR count). The lowest BCUT2D eigenvalue weighted by Crippen LogP contribution is -2.27. The number of hydrogen-bond donors (Lipinski definition) is 2. The summed E-state index contributed by atoms with van der Waals surface area (Å²) in [5, 5.41) is 2.94. The van der Waals surface area contributed by atoms with Gasteiger partial charge in [-0.3, -0.25) is 4.79 Å². The molecule has 5 heteroatoms. The van der Waals surface area contributed by atoms with E-state index in [4.69, 9.17) is 10.5 Å². The number of benzene rings is 2. The van der Waals surface area contributed by atoms with E-state index in [0.29, 0.717) is 24.8 Å². The van der Waals surface area contributed by atoms with Crippen molar-refractivity contribution in [1.29, 1.82) is 0 Å². The normalized spacial score (nSPS) is 20.1. The van der Waals surface area contributed by atoms with Gasteiger partial charge in [0.2, 0.25) is 5.91 Å². The zero-order chi connectivity index (χ0) is 18.4. The van der Waals surface area contributed by atoms with Crippen LogP contribution in [0.1, 0.15) is 17.9 Å². The first-order chi connectivity index (χ1) is 12.7. The number of nitrogens with zero attached hydrogens (tertiary/aromatic N) is 1. The van der Waals surface area contributed by atoms with Crippen molar-refractivity contribution in [3.05, 3.63) is 60.2 Å². The van der Waals surface area contributed by atoms with Crippen LogP contribution in [0.25, 0.3) is 0 Å². The molecule has 0 saturated carbocycles. The Labute approximate surface area is 155 Å². The minimum Gasteiger partial charge on any atom is -0.497 e. The van der Waals surface area contributed by atoms with E-state index in [-0.39, 0.29) is 5.91 Å². The lowest BCUT2D eigenvalue weighted by atomic mass is 9.89. The fourth-order valence-electron chi connectivity index (χ4n) is 3.64. The summed E-state index contributed by atoms with van der Waals surface area (Å²) >= 11 is 0. The summed E-state index contributed by atoms with van der Waals surface area (Å²) in [4.78, 5) is 14.6. The summed E-state index contributed by atoms with van der Waals surface area (Å²) in [6.45, 7) is 3.32. The molecule has 5 nitrogen and oxygen atoms in total. The Morgan fingerprint density at radius 2 is 2.00 bits per heavy atom. The summed E-state index contributed by atoms with van der Waals surface area (Å²) in [5.41, 5.74) is 8.09. The van der Waals surface area contributed by atoms with E-state index in [2.05, 4.69) is 34.5 Å². The summed E-state index contributed by atoms with van der Waals surface area (Å²) in [6, 6.07) is 18.0. The van der Waals surface area contributed by atoms with Gasteiger partial charge >= 0.3 is 0 Å². The third-order valence-electron chi connectivity index (χ3n) is 5.06. The van der Waals surface area contributed by atoms with E-state index in [9.17, 15) is 4.79 Å². The molecule has 138 valence electrons. The lowest BCUT2D eigenvalue weighted by Gasteiger charge is -2.16. The number of carbonyl (C=O) groups excluding carboxylic acids is 1. The molecule has 1 heterocycles. The fraction of sp³-hybridized carbons (Fsp3) is 0.381. The van der Waals surface area contributed by atoms with Crippen LogP contribution in [0.15, 0.2) is 54.6 Å². The number of hydrogen-bond acceptors (Lipinski definition) is 4. The lowest BCUT2D eigenvalue weighted by molar-refractivity contribution is -0.116. The summed E-state index contributed by atoms with van der Waals surface area (Å²) in [5.74, 6) is 1.64. The van der Waals surface area contributed by atoms with Crippen LogP contribution in [0.3, 0.4) is 0 Å². The predicted octanol–water partition coefficient (Wildman–Crippen LogP) is 2.70. The van der Waals surface area contributed by atoms with Crippen LogP contribution in [-0.2, 0) is 4.79 Å². The Bertz CT molecular complexity index is 720. The molecule has 1 fully saturated rings. The van der Waals surface area contributed by atoms with Crippen molar-refractivity contribution in [3.63, 3.8) is 0 Å². The van der Waals surface area contributed by atoms with E-state index in [1.165, 1.54) is 5.56 Å². The van der Waals surface area contributed by atoms with E-state index in [1.54, 1.807) is 7.11 Å². The maximum absolute atomic E-state index is 12.3. The topological polar surface area (TPSA) is 67.6 Å². The number of amides is 1. The molecule has 2 aromatic rings. The van der Waals surface area contributed by atoms with Gasteiger partial charge in [0.15, 0.2) is 0 Å². The molecule has 0 spiro atoms. The molecule has 3 N–H and O–H groups in total. The highest BCUT2D eigenvalue weighted by Crippen LogP contribution is 2.32. The number of nitrogens with one attached hydrogen (secondary N) is 1. The molecule has 1 amide bonds. The van der Waals surface area contributed by atoms with Crippen LogP contribution in [0.2, 0.25) is 0 Å². The van der Waals surface area contributed by atoms with Gasteiger partial charge in [-0.2, -0.15) is 0 Å². The van der Waals surface area contributed by atoms with Crippen LogP contribution in [-0.4, -0.2) is 44.1 Å². The standard InChI is InChI=1S/C21H27N3O2/c1-26-19-9-5-8-18(12-19)23-21(25)10-11-24-14-17(13-22)20(15-24)16-6-3-2-4-7-16/h2-9,12,17,20H,10-11,13-15,22H2,1H3,(H,23,25)/t17-,20+/m1/s1. The third-order valence-corrected chi connectivity index (χ3v) is 5.06. The molecule has 1 saturated heterocycles. The van der Waals surface area contributed by atoms with Crippen LogP contribution in [0, 0.1) is 5.92 Å². The zero-order valence-corrected chi connectivity index (χ0v) is 15.2. The van der Waals surface area contributed by atoms with Crippen LogP contribution in [0.4, 0.5) is 5.69 Å². The molecule has 2 aromatic carbocycles. The van der Waals surface area contributed by atoms with Crippen molar-refractivity contribution < 1.29 is 9.53 Å². The van der Waals surface area contributed by atoms with Crippen molar-refractivity contribution >= 4 is 11.6 Å². The van der Waals surface area contributed by atoms with Crippen molar-refractivity contribution in [3.8, 4) is 5.75 Å². The minimum absolute atomic E-state index is 0.0192. The van der Waals surface area contributed by atoms with Crippen molar-refractivity contribution in [1.82, 2.24) is 4.90 Å². The first-order valence-electron chi connectivity index (χ1n) is 9.11. The highest BCUT2D eigenvalue weighted by molar-refractivity contribution is 5.91. The van der Waals surface area contributed by atoms with Gasteiger partial charge < -0.3 is 20.7 Å². The largest absolute Gasteiger partial charge is 0.497 e. The van der Waals surface area contributed by atoms with Crippen molar-refractivity contribution in [2.75, 3.05) is 38.6 Å². The van der Waals surface area contributed by atoms with Crippen molar-refractivity contribution in [2.24, 2.45) is 11.7 Å². The number of nitrogens with two attached hydrogens (primary N) is 1. The maximum Gasteiger partial charge on any atom is 0.225 e. The second kappa shape index (κ2) is 8.83. The van der Waals surface area contributed by atoms with E-state index < -0.39 is 0 Å². The highest BCUT2D eigenvalue weighted by Gasteiger charge is 2.32. The molecule has 0 radical (unpaired) electrons. The molecule has 0 aromatic heterocycles. The quantitative estimate of drug-likeness (QED) is 0.803. The average molecular weight is 353 g/mol. The van der Waals surface area contributed by atoms with Gasteiger partial charge in [0.25, 0.3) is 0 Å². The molecule has 0 aliphatic carbocycles. The first-order valence-corrected chi connectivity index (χ1v) is 9.11. The average Bonchev–Trinajstić information content (AvgIpc) is 3.10. The van der Waals surface area contributed by atoms with Crippen LogP contribution < -0.4 is 15.8 Å². The maximum atomic E-state index is 12.3. The van der Waals surface area contributed by atoms with Gasteiger partial charge in [0, 0.05) is 43.7 Å². The Morgan fingerprint density at radius 3 is 2.73 bits per heavy atom. The fourth-order valence-corrected chi connectivity index (χ4v) is 3.64. The molecule has 0 unspecified atom stereocenters. The second-order valence-corrected chi connectivity index (χ2v) is 6.80. The molecule has 1 aliphatic rings. The summed E-state index contributed by atoms with van der Waals surface area (Å²) in [7, 11) is 1.62. The summed E-state index contributed by atoms with van der Waals surface area (Å²) in [6.07, 6.45) is 0.468. The number of rotatable bonds is 7. The van der Waals surface area contributed by atoms with Crippen molar-refractivity contribution in [2.45, 2.75) is 12.3 Å². The van der Waals surface area contributed by atoms with Gasteiger partial charge in [-0.05, 0) is 30.2 Å². The van der Waals surface area contributed by atoms with Crippen LogP contribution in [0.5, 0.6) is 5.75 Å². The van der Waals surface area contributed by atoms with Gasteiger partial charge in [-0.15, -0.1) is 0 Å². The number of methoxy groups -OCH3 is 1. The van der Waals surface area contributed by atoms with Gasteiger partial charge in [0.05, 0.1) is 7.11 Å². The molecular weight excluding hydrogens is 326 g/mol. The molecule has 1 aliphatic heterocycles. The number of ether oxygens (including phenoxy) is 1. The van der Waals surface area contributed by atoms with Gasteiger partial charge in [0.1, 0.15) is 5.75 Å². The van der Waals surface area contributed by atoms with Gasteiger partial charge in [-0.1, -0.05) is 36.4 Å². The predicted molar refractivity (Wildman–Crippen MR) is 104 cm³/mol. The second-order valence-electron chi connectivity index (χ2n) is 6.80. The summed E-state index contributed by atoms with van der Waals surface area (Å²) < 4.78 is 5.18.